The lowest BCUT2D eigenvalue weighted by Crippen LogP contribution is -2.43. The number of nitrogens with zero attached hydrogens (tertiary/aromatic N) is 1. The lowest BCUT2D eigenvalue weighted by Gasteiger charge is -2.32. The average Bonchev–Trinajstić information content (AvgIpc) is 2.65. The van der Waals surface area contributed by atoms with Crippen LogP contribution in [0.15, 0.2) is 42.5 Å². The van der Waals surface area contributed by atoms with E-state index < -0.39 is 17.6 Å². The summed E-state index contributed by atoms with van der Waals surface area (Å²) in [5.41, 5.74) is 0.387. The topological polar surface area (TPSA) is 49.4 Å². The maximum absolute atomic E-state index is 13.8. The van der Waals surface area contributed by atoms with E-state index in [1.54, 1.807) is 4.90 Å². The van der Waals surface area contributed by atoms with Crippen molar-refractivity contribution >= 4 is 29.1 Å². The number of likely N-dealkylation sites (tertiary alicyclic amines) is 1. The molecule has 1 heterocycles. The maximum Gasteiger partial charge on any atom is 0.253 e. The lowest BCUT2D eigenvalue weighted by atomic mass is 9.96. The van der Waals surface area contributed by atoms with Crippen molar-refractivity contribution in [2.45, 2.75) is 12.8 Å². The third-order valence-electron chi connectivity index (χ3n) is 4.36. The van der Waals surface area contributed by atoms with Crippen molar-refractivity contribution in [3.63, 3.8) is 0 Å². The van der Waals surface area contributed by atoms with E-state index in [1.165, 1.54) is 42.5 Å². The number of benzene rings is 2. The number of amides is 2. The summed E-state index contributed by atoms with van der Waals surface area (Å²) in [5.74, 6) is -2.05. The highest BCUT2D eigenvalue weighted by molar-refractivity contribution is 6.30. The molecule has 1 N–H and O–H groups in total. The van der Waals surface area contributed by atoms with Crippen molar-refractivity contribution in [2.24, 2.45) is 5.92 Å². The second kappa shape index (κ2) is 7.83. The summed E-state index contributed by atoms with van der Waals surface area (Å²) in [6.45, 7) is 0.746. The van der Waals surface area contributed by atoms with E-state index in [9.17, 15) is 18.4 Å². The fourth-order valence-electron chi connectivity index (χ4n) is 2.98. The van der Waals surface area contributed by atoms with Gasteiger partial charge in [-0.25, -0.2) is 8.78 Å². The van der Waals surface area contributed by atoms with Crippen molar-refractivity contribution in [2.75, 3.05) is 18.4 Å². The van der Waals surface area contributed by atoms with E-state index in [2.05, 4.69) is 5.32 Å². The van der Waals surface area contributed by atoms with Crippen LogP contribution in [0.1, 0.15) is 23.2 Å². The van der Waals surface area contributed by atoms with Crippen LogP contribution >= 0.6 is 11.6 Å². The lowest BCUT2D eigenvalue weighted by molar-refractivity contribution is -0.121. The highest BCUT2D eigenvalue weighted by atomic mass is 35.5. The molecule has 1 unspecified atom stereocenters. The van der Waals surface area contributed by atoms with Crippen LogP contribution in [-0.2, 0) is 4.79 Å². The smallest absolute Gasteiger partial charge is 0.253 e. The Morgan fingerprint density at radius 1 is 1.12 bits per heavy atom. The van der Waals surface area contributed by atoms with Gasteiger partial charge in [-0.15, -0.1) is 0 Å². The molecule has 1 atom stereocenters. The molecule has 0 aromatic heterocycles. The van der Waals surface area contributed by atoms with Crippen molar-refractivity contribution in [1.29, 1.82) is 0 Å². The van der Waals surface area contributed by atoms with Crippen molar-refractivity contribution in [3.05, 3.63) is 64.7 Å². The second-order valence-electron chi connectivity index (χ2n) is 6.21. The van der Waals surface area contributed by atoms with Gasteiger partial charge in [-0.05, 0) is 55.3 Å². The summed E-state index contributed by atoms with van der Waals surface area (Å²) >= 11 is 5.83. The summed E-state index contributed by atoms with van der Waals surface area (Å²) < 4.78 is 26.8. The Morgan fingerprint density at radius 2 is 1.85 bits per heavy atom. The monoisotopic (exact) mass is 378 g/mol. The molecule has 4 nitrogen and oxygen atoms in total. The van der Waals surface area contributed by atoms with Crippen LogP contribution in [-0.4, -0.2) is 29.8 Å². The number of carbonyl (C=O) groups is 2. The van der Waals surface area contributed by atoms with Gasteiger partial charge in [0.05, 0.1) is 11.6 Å². The van der Waals surface area contributed by atoms with Crippen molar-refractivity contribution in [1.82, 2.24) is 4.90 Å². The van der Waals surface area contributed by atoms with Crippen LogP contribution in [0.25, 0.3) is 0 Å². The molecule has 2 aromatic rings. The molecule has 1 aliphatic heterocycles. The minimum absolute atomic E-state index is 0.0180. The molecule has 1 fully saturated rings. The number of rotatable bonds is 3. The van der Waals surface area contributed by atoms with Gasteiger partial charge in [0.15, 0.2) is 0 Å². The van der Waals surface area contributed by atoms with E-state index in [4.69, 9.17) is 11.6 Å². The van der Waals surface area contributed by atoms with Gasteiger partial charge in [-0.3, -0.25) is 9.59 Å². The zero-order chi connectivity index (χ0) is 18.7. The third-order valence-corrected chi connectivity index (χ3v) is 4.59. The number of halogens is 3. The number of piperidine rings is 1. The Labute approximate surface area is 154 Å². The molecule has 26 heavy (non-hydrogen) atoms. The molecule has 2 aromatic carbocycles. The van der Waals surface area contributed by atoms with E-state index in [1.807, 2.05) is 0 Å². The average molecular weight is 379 g/mol. The van der Waals surface area contributed by atoms with Crippen molar-refractivity contribution < 1.29 is 18.4 Å². The fraction of sp³-hybridized carbons (Fsp3) is 0.263. The van der Waals surface area contributed by atoms with Gasteiger partial charge >= 0.3 is 0 Å². The predicted molar refractivity (Wildman–Crippen MR) is 95.1 cm³/mol. The Balaban J connectivity index is 1.67. The van der Waals surface area contributed by atoms with Crippen LogP contribution in [0.5, 0.6) is 0 Å². The quantitative estimate of drug-likeness (QED) is 0.873. The largest absolute Gasteiger partial charge is 0.338 e. The molecule has 0 spiro atoms. The van der Waals surface area contributed by atoms with Gasteiger partial charge in [0.1, 0.15) is 11.6 Å². The molecule has 0 aliphatic carbocycles. The normalized spacial score (nSPS) is 17.0. The fourth-order valence-corrected chi connectivity index (χ4v) is 3.15. The molecule has 2 amide bonds. The van der Waals surface area contributed by atoms with E-state index in [0.717, 1.165) is 0 Å². The number of nitrogens with one attached hydrogen (secondary N) is 1. The first-order chi connectivity index (χ1) is 12.4. The molecule has 136 valence electrons. The molecule has 3 rings (SSSR count). The second-order valence-corrected chi connectivity index (χ2v) is 6.65. The Hall–Kier alpha value is -2.47. The molecule has 1 saturated heterocycles. The van der Waals surface area contributed by atoms with Gasteiger partial charge in [-0.2, -0.15) is 0 Å². The molecule has 0 saturated carbocycles. The first-order valence-electron chi connectivity index (χ1n) is 8.25. The number of anilines is 1. The molecular weight excluding hydrogens is 362 g/mol. The van der Waals surface area contributed by atoms with Crippen LogP contribution in [0.2, 0.25) is 5.02 Å². The maximum atomic E-state index is 13.8. The van der Waals surface area contributed by atoms with Gasteiger partial charge in [0.2, 0.25) is 5.91 Å². The SMILES string of the molecule is O=C(Nc1cc(Cl)ccc1F)C1CCCN(C(=O)c2ccc(F)cc2)C1. The highest BCUT2D eigenvalue weighted by Crippen LogP contribution is 2.23. The summed E-state index contributed by atoms with van der Waals surface area (Å²) in [4.78, 5) is 26.6. The van der Waals surface area contributed by atoms with Crippen LogP contribution in [0.4, 0.5) is 14.5 Å². The van der Waals surface area contributed by atoms with Crippen LogP contribution in [0.3, 0.4) is 0 Å². The predicted octanol–water partition coefficient (Wildman–Crippen LogP) is 4.11. The number of carbonyl (C=O) groups excluding carboxylic acids is 2. The van der Waals surface area contributed by atoms with Gasteiger partial charge in [-0.1, -0.05) is 11.6 Å². The third kappa shape index (κ3) is 4.19. The zero-order valence-electron chi connectivity index (χ0n) is 13.8. The summed E-state index contributed by atoms with van der Waals surface area (Å²) in [6.07, 6.45) is 1.25. The van der Waals surface area contributed by atoms with Crippen LogP contribution < -0.4 is 5.32 Å². The summed E-state index contributed by atoms with van der Waals surface area (Å²) in [6, 6.07) is 9.22. The van der Waals surface area contributed by atoms with Gasteiger partial charge < -0.3 is 10.2 Å². The van der Waals surface area contributed by atoms with E-state index in [0.29, 0.717) is 30.0 Å². The summed E-state index contributed by atoms with van der Waals surface area (Å²) in [7, 11) is 0. The standard InChI is InChI=1S/C19H17ClF2N2O2/c20-14-5-8-16(22)17(10-14)23-18(25)13-2-1-9-24(11-13)19(26)12-3-6-15(21)7-4-12/h3-8,10,13H,1-2,9,11H2,(H,23,25). The minimum atomic E-state index is -0.571. The number of hydrogen-bond acceptors (Lipinski definition) is 2. The Kier molecular flexibility index (Phi) is 5.52. The molecule has 0 bridgehead atoms. The molecule has 0 radical (unpaired) electrons. The molecule has 7 heteroatoms. The first-order valence-corrected chi connectivity index (χ1v) is 8.62. The first kappa shape index (κ1) is 18.3. The van der Waals surface area contributed by atoms with E-state index in [-0.39, 0.29) is 24.0 Å². The van der Waals surface area contributed by atoms with E-state index >= 15 is 0 Å². The number of hydrogen-bond donors (Lipinski definition) is 1. The summed E-state index contributed by atoms with van der Waals surface area (Å²) in [5, 5.41) is 2.86. The van der Waals surface area contributed by atoms with Crippen molar-refractivity contribution in [3.8, 4) is 0 Å². The molecule has 1 aliphatic rings. The minimum Gasteiger partial charge on any atom is -0.338 e. The highest BCUT2D eigenvalue weighted by Gasteiger charge is 2.29. The van der Waals surface area contributed by atoms with Gasteiger partial charge in [0, 0.05) is 23.7 Å². The van der Waals surface area contributed by atoms with Crippen LogP contribution in [0, 0.1) is 17.6 Å². The van der Waals surface area contributed by atoms with Gasteiger partial charge in [0.25, 0.3) is 5.91 Å². The molecular formula is C19H17ClF2N2O2. The Morgan fingerprint density at radius 3 is 2.58 bits per heavy atom. The Bertz CT molecular complexity index is 827. The zero-order valence-corrected chi connectivity index (χ0v) is 14.6.